The van der Waals surface area contributed by atoms with E-state index in [1.807, 2.05) is 0 Å². The molecule has 1 amide bonds. The van der Waals surface area contributed by atoms with E-state index in [2.05, 4.69) is 41.8 Å². The van der Waals surface area contributed by atoms with Gasteiger partial charge in [0.2, 0.25) is 5.95 Å². The third-order valence-corrected chi connectivity index (χ3v) is 6.19. The number of nitrogens with zero attached hydrogens (tertiary/aromatic N) is 7. The molecule has 9 nitrogen and oxygen atoms in total. The maximum atomic E-state index is 14.8. The first kappa shape index (κ1) is 25.3. The summed E-state index contributed by atoms with van der Waals surface area (Å²) in [6.45, 7) is 5.87. The third-order valence-electron chi connectivity index (χ3n) is 5.89. The molecular formula is C25H20ClF3N8O. The fourth-order valence-corrected chi connectivity index (χ4v) is 4.00. The van der Waals surface area contributed by atoms with Crippen molar-refractivity contribution in [2.75, 3.05) is 23.3 Å². The Bertz CT molecular complexity index is 1510. The largest absolute Gasteiger partial charge is 0.341 e. The van der Waals surface area contributed by atoms with Crippen molar-refractivity contribution < 1.29 is 18.0 Å². The Morgan fingerprint density at radius 3 is 2.58 bits per heavy atom. The van der Waals surface area contributed by atoms with Gasteiger partial charge in [0, 0.05) is 48.4 Å². The Kier molecular flexibility index (Phi) is 7.05. The molecule has 0 spiro atoms. The zero-order chi connectivity index (χ0) is 26.8. The summed E-state index contributed by atoms with van der Waals surface area (Å²) in [5.41, 5.74) is -0.409. The maximum Gasteiger partial charge on any atom is 0.276 e. The quantitative estimate of drug-likeness (QED) is 0.335. The van der Waals surface area contributed by atoms with Gasteiger partial charge in [0.25, 0.3) is 12.3 Å². The van der Waals surface area contributed by atoms with Gasteiger partial charge in [-0.15, -0.1) is 0 Å². The molecule has 1 fully saturated rings. The highest BCUT2D eigenvalue weighted by Crippen LogP contribution is 2.35. The van der Waals surface area contributed by atoms with Gasteiger partial charge in [0.1, 0.15) is 0 Å². The number of anilines is 2. The second kappa shape index (κ2) is 10.6. The van der Waals surface area contributed by atoms with Crippen LogP contribution >= 0.6 is 11.6 Å². The molecule has 0 aliphatic carbocycles. The number of aromatic nitrogens is 6. The number of hydrogen-bond acceptors (Lipinski definition) is 7. The van der Waals surface area contributed by atoms with E-state index in [-0.39, 0.29) is 22.1 Å². The number of carbonyl (C=O) groups is 1. The molecule has 1 aliphatic heterocycles. The molecule has 1 saturated heterocycles. The first-order valence-corrected chi connectivity index (χ1v) is 11.9. The summed E-state index contributed by atoms with van der Waals surface area (Å²) in [6.07, 6.45) is 6.97. The fraction of sp³-hybridized carbons (Fsp3) is 0.200. The van der Waals surface area contributed by atoms with Crippen LogP contribution in [0.2, 0.25) is 5.02 Å². The summed E-state index contributed by atoms with van der Waals surface area (Å²) < 4.78 is 43.5. The van der Waals surface area contributed by atoms with Crippen molar-refractivity contribution >= 4 is 35.2 Å². The topological polar surface area (TPSA) is 102 Å². The van der Waals surface area contributed by atoms with Gasteiger partial charge in [-0.3, -0.25) is 14.5 Å². The summed E-state index contributed by atoms with van der Waals surface area (Å²) in [5, 5.41) is 6.51. The van der Waals surface area contributed by atoms with Crippen LogP contribution in [0.4, 0.5) is 24.8 Å². The van der Waals surface area contributed by atoms with Crippen LogP contribution in [0.5, 0.6) is 0 Å². The predicted octanol–water partition coefficient (Wildman–Crippen LogP) is 5.01. The molecule has 1 N–H and O–H groups in total. The van der Waals surface area contributed by atoms with Gasteiger partial charge >= 0.3 is 0 Å². The average molecular weight is 541 g/mol. The van der Waals surface area contributed by atoms with Crippen molar-refractivity contribution in [2.24, 2.45) is 0 Å². The van der Waals surface area contributed by atoms with Gasteiger partial charge < -0.3 is 10.2 Å². The number of nitrogens with one attached hydrogen (secondary N) is 1. The van der Waals surface area contributed by atoms with Crippen molar-refractivity contribution in [3.05, 3.63) is 83.1 Å². The molecule has 194 valence electrons. The summed E-state index contributed by atoms with van der Waals surface area (Å²) in [4.78, 5) is 32.1. The predicted molar refractivity (Wildman–Crippen MR) is 136 cm³/mol. The van der Waals surface area contributed by atoms with Crippen molar-refractivity contribution in [1.29, 1.82) is 0 Å². The van der Waals surface area contributed by atoms with Gasteiger partial charge in [-0.2, -0.15) is 5.10 Å². The van der Waals surface area contributed by atoms with E-state index >= 15 is 0 Å². The molecule has 3 aromatic heterocycles. The minimum Gasteiger partial charge on any atom is -0.341 e. The van der Waals surface area contributed by atoms with Crippen molar-refractivity contribution in [3.63, 3.8) is 0 Å². The molecule has 4 aromatic rings. The Morgan fingerprint density at radius 1 is 1.16 bits per heavy atom. The number of hydrogen-bond donors (Lipinski definition) is 1. The number of amides is 1. The highest BCUT2D eigenvalue weighted by Gasteiger charge is 2.24. The van der Waals surface area contributed by atoms with Crippen molar-refractivity contribution in [2.45, 2.75) is 19.4 Å². The van der Waals surface area contributed by atoms with Gasteiger partial charge in [-0.1, -0.05) is 24.2 Å². The molecule has 5 rings (SSSR count). The Labute approximate surface area is 220 Å². The van der Waals surface area contributed by atoms with Crippen molar-refractivity contribution in [3.8, 4) is 11.3 Å². The van der Waals surface area contributed by atoms with E-state index in [1.54, 1.807) is 23.3 Å². The lowest BCUT2D eigenvalue weighted by Gasteiger charge is -2.30. The normalized spacial score (nSPS) is 12.9. The van der Waals surface area contributed by atoms with Crippen LogP contribution in [0.3, 0.4) is 0 Å². The minimum absolute atomic E-state index is 0.0825. The van der Waals surface area contributed by atoms with Crippen LogP contribution < -0.4 is 10.2 Å². The molecule has 0 bridgehead atoms. The minimum atomic E-state index is -3.00. The van der Waals surface area contributed by atoms with Gasteiger partial charge in [-0.25, -0.2) is 28.1 Å². The number of benzene rings is 1. The Balaban J connectivity index is 1.36. The monoisotopic (exact) mass is 540 g/mol. The van der Waals surface area contributed by atoms with E-state index in [0.717, 1.165) is 43.4 Å². The number of rotatable bonds is 8. The van der Waals surface area contributed by atoms with Crippen LogP contribution in [0, 0.1) is 5.82 Å². The highest BCUT2D eigenvalue weighted by atomic mass is 35.5. The summed E-state index contributed by atoms with van der Waals surface area (Å²) in [7, 11) is 0. The molecule has 4 heterocycles. The second-order valence-electron chi connectivity index (χ2n) is 8.43. The molecule has 0 atom stereocenters. The molecule has 0 radical (unpaired) electrons. The maximum absolute atomic E-state index is 14.8. The van der Waals surface area contributed by atoms with E-state index in [1.165, 1.54) is 12.3 Å². The highest BCUT2D eigenvalue weighted by molar-refractivity contribution is 6.31. The summed E-state index contributed by atoms with van der Waals surface area (Å²) in [5.74, 6) is -1.11. The van der Waals surface area contributed by atoms with E-state index in [9.17, 15) is 18.0 Å². The molecule has 38 heavy (non-hydrogen) atoms. The van der Waals surface area contributed by atoms with Crippen LogP contribution in [0.1, 0.15) is 40.2 Å². The third kappa shape index (κ3) is 5.07. The lowest BCUT2D eigenvalue weighted by Crippen LogP contribution is -2.38. The molecule has 13 heteroatoms. The molecule has 0 saturated carbocycles. The zero-order valence-corrected chi connectivity index (χ0v) is 20.5. The SMILES string of the molecule is C=Cc1ncc(-c2c(C(F)F)ccc(Cl)c2F)nc1C(=O)Nc1cnn(Cc2cnc(N3CCC3)nc2)c1. The van der Waals surface area contributed by atoms with E-state index in [4.69, 9.17) is 11.6 Å². The van der Waals surface area contributed by atoms with Gasteiger partial charge in [0.05, 0.1) is 41.0 Å². The van der Waals surface area contributed by atoms with Crippen LogP contribution in [-0.4, -0.2) is 48.7 Å². The molecule has 1 aliphatic rings. The van der Waals surface area contributed by atoms with Gasteiger partial charge in [0.15, 0.2) is 11.5 Å². The number of carbonyl (C=O) groups excluding carboxylic acids is 1. The molecular weight excluding hydrogens is 521 g/mol. The van der Waals surface area contributed by atoms with Crippen molar-refractivity contribution in [1.82, 2.24) is 29.7 Å². The Morgan fingerprint density at radius 2 is 1.92 bits per heavy atom. The standard InChI is InChI=1S/C25H20ClF3N8O/c1-2-18-22(35-19(11-30-18)20-16(23(28)29)4-5-17(26)21(20)27)24(38)34-15-10-33-37(13-15)12-14-8-31-25(32-9-14)36-6-3-7-36/h2,4-5,8-11,13,23H,1,3,6-7,12H2,(H,34,38). The zero-order valence-electron chi connectivity index (χ0n) is 19.8. The van der Waals surface area contributed by atoms with Crippen LogP contribution in [0.15, 0.2) is 49.7 Å². The van der Waals surface area contributed by atoms with E-state index in [0.29, 0.717) is 18.2 Å². The fourth-order valence-electron chi connectivity index (χ4n) is 3.84. The molecule has 0 unspecified atom stereocenters. The average Bonchev–Trinajstić information content (AvgIpc) is 3.31. The first-order valence-electron chi connectivity index (χ1n) is 11.5. The summed E-state index contributed by atoms with van der Waals surface area (Å²) in [6, 6.07) is 2.04. The smallest absolute Gasteiger partial charge is 0.276 e. The van der Waals surface area contributed by atoms with Crippen LogP contribution in [-0.2, 0) is 6.54 Å². The summed E-state index contributed by atoms with van der Waals surface area (Å²) >= 11 is 5.82. The number of halogens is 4. The lowest BCUT2D eigenvalue weighted by molar-refractivity contribution is 0.102. The number of alkyl halides is 2. The first-order chi connectivity index (χ1) is 18.3. The van der Waals surface area contributed by atoms with Gasteiger partial charge in [-0.05, 0) is 18.6 Å². The lowest BCUT2D eigenvalue weighted by atomic mass is 10.0. The van der Waals surface area contributed by atoms with E-state index < -0.39 is 29.3 Å². The van der Waals surface area contributed by atoms with Crippen LogP contribution in [0.25, 0.3) is 17.3 Å². The Hall–Kier alpha value is -4.32. The molecule has 1 aromatic carbocycles. The second-order valence-corrected chi connectivity index (χ2v) is 8.84.